The lowest BCUT2D eigenvalue weighted by Gasteiger charge is -2.37. The van der Waals surface area contributed by atoms with Crippen LogP contribution in [-0.4, -0.2) is 53.5 Å². The molecule has 0 saturated carbocycles. The molecule has 1 saturated heterocycles. The molecule has 5 heteroatoms. The van der Waals surface area contributed by atoms with Crippen LogP contribution in [-0.2, 0) is 11.3 Å². The van der Waals surface area contributed by atoms with Crippen molar-refractivity contribution in [1.29, 1.82) is 0 Å². The number of carbonyl (C=O) groups is 1. The number of hydrogen-bond donors (Lipinski definition) is 0. The van der Waals surface area contributed by atoms with Gasteiger partial charge in [0.2, 0.25) is 5.91 Å². The molecule has 1 aromatic heterocycles. The molecule has 0 bridgehead atoms. The molecule has 5 nitrogen and oxygen atoms in total. The molecule has 1 aliphatic heterocycles. The predicted molar refractivity (Wildman–Crippen MR) is 105 cm³/mol. The minimum atomic E-state index is -0.106. The summed E-state index contributed by atoms with van der Waals surface area (Å²) in [4.78, 5) is 29.5. The zero-order valence-electron chi connectivity index (χ0n) is 16.2. The molecule has 1 atom stereocenters. The molecule has 1 aromatic carbocycles. The number of piperidine rings is 1. The second-order valence-corrected chi connectivity index (χ2v) is 7.69. The highest BCUT2D eigenvalue weighted by Gasteiger charge is 2.27. The van der Waals surface area contributed by atoms with E-state index < -0.39 is 0 Å². The van der Waals surface area contributed by atoms with Crippen molar-refractivity contribution in [1.82, 2.24) is 14.4 Å². The number of rotatable bonds is 4. The molecule has 1 aliphatic rings. The van der Waals surface area contributed by atoms with Gasteiger partial charge < -0.3 is 9.80 Å². The lowest BCUT2D eigenvalue weighted by molar-refractivity contribution is -0.133. The van der Waals surface area contributed by atoms with Crippen molar-refractivity contribution >= 4 is 16.8 Å². The van der Waals surface area contributed by atoms with Gasteiger partial charge >= 0.3 is 0 Å². The third-order valence-electron chi connectivity index (χ3n) is 5.91. The highest BCUT2D eigenvalue weighted by molar-refractivity contribution is 5.84. The fraction of sp³-hybridized carbons (Fsp3) is 0.524. The number of aromatic nitrogens is 1. The number of carbonyl (C=O) groups excluding carboxylic acids is 1. The average Bonchev–Trinajstić information content (AvgIpc) is 2.64. The van der Waals surface area contributed by atoms with E-state index in [1.165, 1.54) is 0 Å². The van der Waals surface area contributed by atoms with Crippen molar-refractivity contribution in [3.63, 3.8) is 0 Å². The molecule has 3 rings (SSSR count). The zero-order valence-corrected chi connectivity index (χ0v) is 16.2. The van der Waals surface area contributed by atoms with Crippen LogP contribution >= 0.6 is 0 Å². The van der Waals surface area contributed by atoms with Crippen molar-refractivity contribution < 1.29 is 4.79 Å². The number of para-hydroxylation sites is 1. The summed E-state index contributed by atoms with van der Waals surface area (Å²) >= 11 is 0. The van der Waals surface area contributed by atoms with Crippen LogP contribution in [0.1, 0.15) is 25.3 Å². The number of likely N-dealkylation sites (tertiary alicyclic amines) is 1. The van der Waals surface area contributed by atoms with Crippen molar-refractivity contribution in [2.45, 2.75) is 39.3 Å². The van der Waals surface area contributed by atoms with Crippen LogP contribution in [0.15, 0.2) is 35.1 Å². The monoisotopic (exact) mass is 355 g/mol. The van der Waals surface area contributed by atoms with Gasteiger partial charge in [0, 0.05) is 30.6 Å². The molecule has 1 fully saturated rings. The Kier molecular flexibility index (Phi) is 5.47. The van der Waals surface area contributed by atoms with Gasteiger partial charge in [-0.1, -0.05) is 18.2 Å². The van der Waals surface area contributed by atoms with E-state index in [0.717, 1.165) is 42.4 Å². The zero-order chi connectivity index (χ0) is 18.8. The van der Waals surface area contributed by atoms with Gasteiger partial charge in [-0.3, -0.25) is 14.2 Å². The Bertz CT molecular complexity index is 848. The van der Waals surface area contributed by atoms with E-state index in [1.54, 1.807) is 10.6 Å². The van der Waals surface area contributed by atoms with Gasteiger partial charge in [-0.2, -0.15) is 0 Å². The van der Waals surface area contributed by atoms with Gasteiger partial charge in [-0.25, -0.2) is 0 Å². The van der Waals surface area contributed by atoms with Crippen molar-refractivity contribution in [2.24, 2.45) is 5.92 Å². The van der Waals surface area contributed by atoms with Crippen LogP contribution in [0.5, 0.6) is 0 Å². The van der Waals surface area contributed by atoms with Gasteiger partial charge in [-0.05, 0) is 58.3 Å². The quantitative estimate of drug-likeness (QED) is 0.846. The number of hydrogen-bond acceptors (Lipinski definition) is 3. The van der Waals surface area contributed by atoms with Crippen molar-refractivity contribution in [2.75, 3.05) is 27.2 Å². The fourth-order valence-electron chi connectivity index (χ4n) is 3.95. The maximum atomic E-state index is 12.8. The second-order valence-electron chi connectivity index (χ2n) is 7.69. The number of pyridine rings is 1. The largest absolute Gasteiger partial charge is 0.341 e. The number of nitrogens with zero attached hydrogens (tertiary/aromatic N) is 3. The number of amides is 1. The maximum absolute atomic E-state index is 12.8. The van der Waals surface area contributed by atoms with Crippen LogP contribution in [0, 0.1) is 12.8 Å². The lowest BCUT2D eigenvalue weighted by Crippen LogP contribution is -2.45. The normalized spacial score (nSPS) is 17.0. The minimum absolute atomic E-state index is 0.0389. The second kappa shape index (κ2) is 7.62. The molecular weight excluding hydrogens is 326 g/mol. The predicted octanol–water partition coefficient (Wildman–Crippen LogP) is 2.50. The van der Waals surface area contributed by atoms with Crippen LogP contribution < -0.4 is 5.56 Å². The van der Waals surface area contributed by atoms with Crippen molar-refractivity contribution in [3.05, 3.63) is 46.2 Å². The molecule has 1 amide bonds. The van der Waals surface area contributed by atoms with Crippen LogP contribution in [0.3, 0.4) is 0 Å². The van der Waals surface area contributed by atoms with Crippen LogP contribution in [0.25, 0.3) is 10.9 Å². The summed E-state index contributed by atoms with van der Waals surface area (Å²) in [7, 11) is 4.22. The van der Waals surface area contributed by atoms with Crippen molar-refractivity contribution in [3.8, 4) is 0 Å². The Balaban J connectivity index is 1.74. The first-order chi connectivity index (χ1) is 12.4. The Labute approximate surface area is 155 Å². The summed E-state index contributed by atoms with van der Waals surface area (Å²) in [5.41, 5.74) is 1.68. The molecule has 0 spiro atoms. The summed E-state index contributed by atoms with van der Waals surface area (Å²) in [6.45, 7) is 5.86. The van der Waals surface area contributed by atoms with Gasteiger partial charge in [0.1, 0.15) is 6.54 Å². The lowest BCUT2D eigenvalue weighted by atomic mass is 9.90. The Hall–Kier alpha value is -2.14. The summed E-state index contributed by atoms with van der Waals surface area (Å²) in [6, 6.07) is 9.94. The Morgan fingerprint density at radius 2 is 1.88 bits per heavy atom. The molecular formula is C21H29N3O2. The molecule has 2 heterocycles. The smallest absolute Gasteiger partial charge is 0.251 e. The molecule has 2 aromatic rings. The van der Waals surface area contributed by atoms with E-state index in [1.807, 2.05) is 36.1 Å². The number of aryl methyl sites for hydroxylation is 1. The number of benzene rings is 1. The third-order valence-corrected chi connectivity index (χ3v) is 5.91. The Morgan fingerprint density at radius 1 is 1.23 bits per heavy atom. The molecule has 0 radical (unpaired) electrons. The minimum Gasteiger partial charge on any atom is -0.341 e. The summed E-state index contributed by atoms with van der Waals surface area (Å²) in [5, 5.41) is 1.03. The Morgan fingerprint density at radius 3 is 2.54 bits per heavy atom. The highest BCUT2D eigenvalue weighted by Crippen LogP contribution is 2.23. The van der Waals surface area contributed by atoms with E-state index in [2.05, 4.69) is 25.9 Å². The van der Waals surface area contributed by atoms with Gasteiger partial charge in [0.15, 0.2) is 0 Å². The molecule has 140 valence electrons. The maximum Gasteiger partial charge on any atom is 0.251 e. The van der Waals surface area contributed by atoms with Gasteiger partial charge in [-0.15, -0.1) is 0 Å². The van der Waals surface area contributed by atoms with Crippen LogP contribution in [0.2, 0.25) is 0 Å². The summed E-state index contributed by atoms with van der Waals surface area (Å²) in [6.07, 6.45) is 2.04. The van der Waals surface area contributed by atoms with E-state index in [9.17, 15) is 9.59 Å². The first-order valence-corrected chi connectivity index (χ1v) is 9.42. The first-order valence-electron chi connectivity index (χ1n) is 9.42. The van der Waals surface area contributed by atoms with Gasteiger partial charge in [0.25, 0.3) is 5.56 Å². The van der Waals surface area contributed by atoms with E-state index in [0.29, 0.717) is 12.0 Å². The molecule has 0 N–H and O–H groups in total. The fourth-order valence-corrected chi connectivity index (χ4v) is 3.95. The SMILES string of the molecule is Cc1cc(=O)n(CC(=O)N2CCC([C@@H](C)N(C)C)CC2)c2ccccc12. The number of fused-ring (bicyclic) bond motifs is 1. The first kappa shape index (κ1) is 18.6. The standard InChI is InChI=1S/C21H29N3O2/c1-15-13-20(25)24(19-8-6-5-7-18(15)19)14-21(26)23-11-9-17(10-12-23)16(2)22(3)4/h5-8,13,16-17H,9-12,14H2,1-4H3/t16-/m1/s1. The molecule has 26 heavy (non-hydrogen) atoms. The highest BCUT2D eigenvalue weighted by atomic mass is 16.2. The molecule has 0 unspecified atom stereocenters. The third kappa shape index (κ3) is 3.68. The topological polar surface area (TPSA) is 45.6 Å². The van der Waals surface area contributed by atoms with Gasteiger partial charge in [0.05, 0.1) is 5.52 Å². The van der Waals surface area contributed by atoms with E-state index in [4.69, 9.17) is 0 Å². The van der Waals surface area contributed by atoms with E-state index in [-0.39, 0.29) is 18.0 Å². The molecule has 0 aliphatic carbocycles. The van der Waals surface area contributed by atoms with E-state index >= 15 is 0 Å². The summed E-state index contributed by atoms with van der Waals surface area (Å²) in [5.74, 6) is 0.661. The summed E-state index contributed by atoms with van der Waals surface area (Å²) < 4.78 is 1.61. The average molecular weight is 355 g/mol. The van der Waals surface area contributed by atoms with Crippen LogP contribution in [0.4, 0.5) is 0 Å².